The number of carbonyl (C=O) groups is 1. The topological polar surface area (TPSA) is 73.7 Å². The molecule has 1 aliphatic rings. The Bertz CT molecular complexity index is 505. The molecule has 108 valence electrons. The summed E-state index contributed by atoms with van der Waals surface area (Å²) in [5.41, 5.74) is 2.46. The van der Waals surface area contributed by atoms with Gasteiger partial charge in [0.15, 0.2) is 0 Å². The van der Waals surface area contributed by atoms with Crippen LogP contribution in [0, 0.1) is 0 Å². The minimum atomic E-state index is -0.286. The van der Waals surface area contributed by atoms with Gasteiger partial charge in [0.2, 0.25) is 0 Å². The predicted molar refractivity (Wildman–Crippen MR) is 82.9 cm³/mol. The molecule has 1 heterocycles. The molecule has 0 bridgehead atoms. The number of benzene rings is 1. The largest absolute Gasteiger partial charge is 0.410 e. The van der Waals surface area contributed by atoms with Gasteiger partial charge >= 0.3 is 0 Å². The lowest BCUT2D eigenvalue weighted by Gasteiger charge is -2.11. The fourth-order valence-electron chi connectivity index (χ4n) is 2.32. The van der Waals surface area contributed by atoms with Crippen molar-refractivity contribution in [1.29, 1.82) is 0 Å². The van der Waals surface area contributed by atoms with Gasteiger partial charge in [-0.2, -0.15) is 11.8 Å². The third-order valence-electron chi connectivity index (χ3n) is 3.35. The van der Waals surface area contributed by atoms with Gasteiger partial charge in [0.05, 0.1) is 0 Å². The van der Waals surface area contributed by atoms with Crippen molar-refractivity contribution in [1.82, 2.24) is 5.32 Å². The lowest BCUT2D eigenvalue weighted by molar-refractivity contribution is -0.114. The zero-order valence-corrected chi connectivity index (χ0v) is 12.2. The summed E-state index contributed by atoms with van der Waals surface area (Å²) in [6, 6.07) is 8.02. The quantitative estimate of drug-likeness (QED) is 0.324. The van der Waals surface area contributed by atoms with Gasteiger partial charge in [-0.3, -0.25) is 4.79 Å². The molecule has 20 heavy (non-hydrogen) atoms. The summed E-state index contributed by atoms with van der Waals surface area (Å²) in [6.07, 6.45) is 2.42. The first-order chi connectivity index (χ1) is 9.76. The Labute approximate surface area is 122 Å². The second kappa shape index (κ2) is 7.19. The standard InChI is InChI=1S/C14H19N3O2S/c1-20-7-6-15-14(18)13(17-19)8-10-9-16-12-5-3-2-4-11(10)12/h2-5,10,16,19H,6-9H2,1H3,(H,15,18)/b17-13+. The maximum absolute atomic E-state index is 11.9. The van der Waals surface area contributed by atoms with Gasteiger partial charge in [-0.15, -0.1) is 0 Å². The molecule has 1 aromatic carbocycles. The van der Waals surface area contributed by atoms with Crippen LogP contribution in [0.5, 0.6) is 0 Å². The molecule has 0 radical (unpaired) electrons. The number of para-hydroxylation sites is 1. The van der Waals surface area contributed by atoms with Gasteiger partial charge in [-0.1, -0.05) is 23.4 Å². The van der Waals surface area contributed by atoms with Crippen molar-refractivity contribution < 1.29 is 10.0 Å². The van der Waals surface area contributed by atoms with E-state index in [-0.39, 0.29) is 17.5 Å². The molecule has 1 unspecified atom stereocenters. The highest BCUT2D eigenvalue weighted by Gasteiger charge is 2.25. The fraction of sp³-hybridized carbons (Fsp3) is 0.429. The first-order valence-corrected chi connectivity index (χ1v) is 7.96. The Balaban J connectivity index is 1.96. The van der Waals surface area contributed by atoms with E-state index in [1.165, 1.54) is 5.56 Å². The third kappa shape index (κ3) is 3.45. The Morgan fingerprint density at radius 2 is 2.35 bits per heavy atom. The monoisotopic (exact) mass is 293 g/mol. The highest BCUT2D eigenvalue weighted by Crippen LogP contribution is 2.33. The van der Waals surface area contributed by atoms with Gasteiger partial charge in [0, 0.05) is 36.9 Å². The molecule has 1 aromatic rings. The molecule has 6 heteroatoms. The molecular formula is C14H19N3O2S. The Morgan fingerprint density at radius 3 is 3.10 bits per heavy atom. The van der Waals surface area contributed by atoms with E-state index in [0.29, 0.717) is 13.0 Å². The predicted octanol–water partition coefficient (Wildman–Crippen LogP) is 1.90. The summed E-state index contributed by atoms with van der Waals surface area (Å²) in [5.74, 6) is 0.729. The summed E-state index contributed by atoms with van der Waals surface area (Å²) >= 11 is 1.66. The van der Waals surface area contributed by atoms with Crippen molar-refractivity contribution in [3.8, 4) is 0 Å². The fourth-order valence-corrected chi connectivity index (χ4v) is 2.63. The summed E-state index contributed by atoms with van der Waals surface area (Å²) < 4.78 is 0. The number of hydrogen-bond acceptors (Lipinski definition) is 5. The van der Waals surface area contributed by atoms with Crippen molar-refractivity contribution >= 4 is 29.1 Å². The minimum absolute atomic E-state index is 0.170. The van der Waals surface area contributed by atoms with Crippen LogP contribution in [0.4, 0.5) is 5.69 Å². The van der Waals surface area contributed by atoms with Crippen LogP contribution in [0.25, 0.3) is 0 Å². The van der Waals surface area contributed by atoms with Crippen LogP contribution in [-0.2, 0) is 4.79 Å². The number of anilines is 1. The summed E-state index contributed by atoms with van der Waals surface area (Å²) in [5, 5.41) is 18.3. The first-order valence-electron chi connectivity index (χ1n) is 6.57. The molecule has 0 fully saturated rings. The van der Waals surface area contributed by atoms with Crippen molar-refractivity contribution in [2.45, 2.75) is 12.3 Å². The molecule has 1 atom stereocenters. The second-order valence-corrected chi connectivity index (χ2v) is 5.65. The molecule has 0 aromatic heterocycles. The smallest absolute Gasteiger partial charge is 0.269 e. The molecule has 0 aliphatic carbocycles. The Kier molecular flexibility index (Phi) is 5.29. The number of hydrogen-bond donors (Lipinski definition) is 3. The Hall–Kier alpha value is -1.69. The summed E-state index contributed by atoms with van der Waals surface area (Å²) in [6.45, 7) is 1.34. The Morgan fingerprint density at radius 1 is 1.55 bits per heavy atom. The van der Waals surface area contributed by atoms with E-state index < -0.39 is 0 Å². The number of nitrogens with zero attached hydrogens (tertiary/aromatic N) is 1. The maximum Gasteiger partial charge on any atom is 0.269 e. The van der Waals surface area contributed by atoms with Crippen LogP contribution in [0.15, 0.2) is 29.4 Å². The van der Waals surface area contributed by atoms with E-state index in [1.54, 1.807) is 11.8 Å². The van der Waals surface area contributed by atoms with Gasteiger partial charge < -0.3 is 15.8 Å². The van der Waals surface area contributed by atoms with Gasteiger partial charge in [-0.05, 0) is 17.9 Å². The maximum atomic E-state index is 11.9. The molecular weight excluding hydrogens is 274 g/mol. The average molecular weight is 293 g/mol. The van der Waals surface area contributed by atoms with E-state index in [4.69, 9.17) is 5.21 Å². The van der Waals surface area contributed by atoms with Crippen LogP contribution in [0.2, 0.25) is 0 Å². The zero-order valence-electron chi connectivity index (χ0n) is 11.4. The summed E-state index contributed by atoms with van der Waals surface area (Å²) in [7, 11) is 0. The molecule has 1 aliphatic heterocycles. The minimum Gasteiger partial charge on any atom is -0.410 e. The third-order valence-corrected chi connectivity index (χ3v) is 3.97. The molecule has 2 rings (SSSR count). The van der Waals surface area contributed by atoms with E-state index in [9.17, 15) is 4.79 Å². The number of thioether (sulfide) groups is 1. The number of carbonyl (C=O) groups excluding carboxylic acids is 1. The SMILES string of the molecule is CSCCNC(=O)/C(CC1CNc2ccccc21)=N/O. The van der Waals surface area contributed by atoms with E-state index in [1.807, 2.05) is 30.5 Å². The van der Waals surface area contributed by atoms with Crippen molar-refractivity contribution in [2.75, 3.05) is 30.4 Å². The van der Waals surface area contributed by atoms with Gasteiger partial charge in [-0.25, -0.2) is 0 Å². The van der Waals surface area contributed by atoms with E-state index in [0.717, 1.165) is 18.0 Å². The average Bonchev–Trinajstić information content (AvgIpc) is 2.88. The van der Waals surface area contributed by atoms with Crippen LogP contribution in [0.1, 0.15) is 17.9 Å². The number of fused-ring (bicyclic) bond motifs is 1. The molecule has 5 nitrogen and oxygen atoms in total. The normalized spacial score (nSPS) is 17.4. The first kappa shape index (κ1) is 14.7. The molecule has 0 saturated heterocycles. The highest BCUT2D eigenvalue weighted by atomic mass is 32.2. The van der Waals surface area contributed by atoms with Crippen LogP contribution < -0.4 is 10.6 Å². The molecule has 3 N–H and O–H groups in total. The van der Waals surface area contributed by atoms with Crippen LogP contribution in [0.3, 0.4) is 0 Å². The van der Waals surface area contributed by atoms with Gasteiger partial charge in [0.25, 0.3) is 5.91 Å². The van der Waals surface area contributed by atoms with Crippen molar-refractivity contribution in [3.63, 3.8) is 0 Å². The van der Waals surface area contributed by atoms with Crippen molar-refractivity contribution in [3.05, 3.63) is 29.8 Å². The lowest BCUT2D eigenvalue weighted by Crippen LogP contribution is -2.33. The number of oxime groups is 1. The highest BCUT2D eigenvalue weighted by molar-refractivity contribution is 7.98. The second-order valence-electron chi connectivity index (χ2n) is 4.66. The number of nitrogens with one attached hydrogen (secondary N) is 2. The van der Waals surface area contributed by atoms with Crippen molar-refractivity contribution in [2.24, 2.45) is 5.16 Å². The lowest BCUT2D eigenvalue weighted by atomic mass is 9.95. The van der Waals surface area contributed by atoms with E-state index in [2.05, 4.69) is 15.8 Å². The zero-order chi connectivity index (χ0) is 14.4. The van der Waals surface area contributed by atoms with Crippen LogP contribution in [-0.4, -0.2) is 41.9 Å². The molecule has 1 amide bonds. The van der Waals surface area contributed by atoms with E-state index >= 15 is 0 Å². The molecule has 0 saturated carbocycles. The molecule has 0 spiro atoms. The van der Waals surface area contributed by atoms with Crippen LogP contribution >= 0.6 is 11.8 Å². The van der Waals surface area contributed by atoms with Gasteiger partial charge in [0.1, 0.15) is 5.71 Å². The number of amides is 1. The number of rotatable bonds is 6. The summed E-state index contributed by atoms with van der Waals surface area (Å²) in [4.78, 5) is 11.9.